The van der Waals surface area contributed by atoms with Crippen LogP contribution >= 0.6 is 15.6 Å². The smallest absolute Gasteiger partial charge is 0.393 e. The Morgan fingerprint density at radius 2 is 1.88 bits per heavy atom. The molecule has 8 atom stereocenters. The number of aromatic nitrogens is 2. The van der Waals surface area contributed by atoms with Gasteiger partial charge in [-0.3, -0.25) is 13.6 Å². The van der Waals surface area contributed by atoms with Gasteiger partial charge in [0.2, 0.25) is 0 Å². The Morgan fingerprint density at radius 1 is 1.27 bits per heavy atom. The zero-order valence-electron chi connectivity index (χ0n) is 17.0. The lowest BCUT2D eigenvalue weighted by atomic mass is 10.0. The molecule has 0 bridgehead atoms. The van der Waals surface area contributed by atoms with Crippen LogP contribution in [-0.4, -0.2) is 94.7 Å². The van der Waals surface area contributed by atoms with Crippen molar-refractivity contribution in [2.24, 2.45) is 0 Å². The SMILES string of the molecule is C[C@](O)(CO)[C@H](O)COP(=O)(O)OP(=O)(O)OC[C@H]1O[C@H](n2ccc(N)nc2=O)[C@@H](O)[C@@H]1O. The lowest BCUT2D eigenvalue weighted by Gasteiger charge is -2.27. The van der Waals surface area contributed by atoms with Crippen LogP contribution in [0.3, 0.4) is 0 Å². The Labute approximate surface area is 185 Å². The summed E-state index contributed by atoms with van der Waals surface area (Å²) >= 11 is 0. The third-order valence-corrected chi connectivity index (χ3v) is 7.11. The molecule has 0 radical (unpaired) electrons. The maximum absolute atomic E-state index is 12.0. The maximum Gasteiger partial charge on any atom is 0.481 e. The quantitative estimate of drug-likeness (QED) is 0.133. The second-order valence-corrected chi connectivity index (χ2v) is 10.3. The molecule has 19 heteroatoms. The number of nitrogen functional groups attached to an aromatic ring is 1. The summed E-state index contributed by atoms with van der Waals surface area (Å²) in [5.41, 5.74) is 2.35. The van der Waals surface area contributed by atoms with Crippen LogP contribution in [0.4, 0.5) is 5.82 Å². The van der Waals surface area contributed by atoms with E-state index in [1.165, 1.54) is 6.07 Å². The molecule has 1 aliphatic heterocycles. The van der Waals surface area contributed by atoms with Crippen molar-refractivity contribution in [1.29, 1.82) is 0 Å². The molecule has 17 nitrogen and oxygen atoms in total. The lowest BCUT2D eigenvalue weighted by molar-refractivity contribution is -0.107. The average molecular weight is 521 g/mol. The van der Waals surface area contributed by atoms with E-state index in [1.807, 2.05) is 0 Å². The number of hydrogen-bond donors (Lipinski definition) is 8. The fourth-order valence-electron chi connectivity index (χ4n) is 2.51. The van der Waals surface area contributed by atoms with Crippen molar-refractivity contribution in [2.75, 3.05) is 25.6 Å². The van der Waals surface area contributed by atoms with Gasteiger partial charge >= 0.3 is 21.3 Å². The minimum Gasteiger partial charge on any atom is -0.393 e. The summed E-state index contributed by atoms with van der Waals surface area (Å²) in [7, 11) is -10.6. The van der Waals surface area contributed by atoms with Crippen molar-refractivity contribution < 1.29 is 62.5 Å². The van der Waals surface area contributed by atoms with E-state index in [2.05, 4.69) is 18.3 Å². The van der Waals surface area contributed by atoms with Gasteiger partial charge in [-0.1, -0.05) is 0 Å². The van der Waals surface area contributed by atoms with Gasteiger partial charge in [-0.25, -0.2) is 13.9 Å². The van der Waals surface area contributed by atoms with Gasteiger partial charge in [0.1, 0.15) is 35.8 Å². The first-order valence-electron chi connectivity index (χ1n) is 9.12. The third kappa shape index (κ3) is 7.34. The molecule has 0 aliphatic carbocycles. The number of nitrogens with two attached hydrogens (primary N) is 1. The molecule has 9 N–H and O–H groups in total. The molecule has 1 aromatic rings. The van der Waals surface area contributed by atoms with Crippen molar-refractivity contribution in [3.05, 3.63) is 22.7 Å². The van der Waals surface area contributed by atoms with E-state index >= 15 is 0 Å². The third-order valence-electron chi connectivity index (χ3n) is 4.50. The molecule has 1 aliphatic rings. The Balaban J connectivity index is 1.96. The summed E-state index contributed by atoms with van der Waals surface area (Å²) in [4.78, 5) is 34.5. The van der Waals surface area contributed by atoms with Crippen LogP contribution in [0, 0.1) is 0 Å². The number of phosphoric acid groups is 2. The summed E-state index contributed by atoms with van der Waals surface area (Å²) < 4.78 is 42.7. The number of aliphatic hydroxyl groups excluding tert-OH is 4. The highest BCUT2D eigenvalue weighted by Gasteiger charge is 2.46. The van der Waals surface area contributed by atoms with E-state index < -0.39 is 77.4 Å². The van der Waals surface area contributed by atoms with Crippen molar-refractivity contribution in [3.8, 4) is 0 Å². The topological polar surface area (TPSA) is 274 Å². The molecule has 190 valence electrons. The number of aliphatic hydroxyl groups is 5. The number of nitrogens with zero attached hydrogens (tertiary/aromatic N) is 2. The lowest BCUT2D eigenvalue weighted by Crippen LogP contribution is -2.45. The van der Waals surface area contributed by atoms with Gasteiger partial charge < -0.3 is 45.8 Å². The van der Waals surface area contributed by atoms with Gasteiger partial charge in [-0.05, 0) is 13.0 Å². The van der Waals surface area contributed by atoms with Gasteiger partial charge in [-0.2, -0.15) is 9.29 Å². The minimum absolute atomic E-state index is 0.106. The zero-order valence-corrected chi connectivity index (χ0v) is 18.8. The normalized spacial score (nSPS) is 29.7. The van der Waals surface area contributed by atoms with E-state index in [0.29, 0.717) is 0 Å². The van der Waals surface area contributed by atoms with E-state index in [-0.39, 0.29) is 5.82 Å². The highest BCUT2D eigenvalue weighted by molar-refractivity contribution is 7.61. The summed E-state index contributed by atoms with van der Waals surface area (Å²) in [6.45, 7) is -1.94. The Morgan fingerprint density at radius 3 is 2.45 bits per heavy atom. The molecular formula is C14H25N3O14P2. The first kappa shape index (κ1) is 27.9. The maximum atomic E-state index is 12.0. The summed E-state index contributed by atoms with van der Waals surface area (Å²) in [5, 5.41) is 48.3. The summed E-state index contributed by atoms with van der Waals surface area (Å²) in [5.74, 6) is -0.106. The molecule has 33 heavy (non-hydrogen) atoms. The molecule has 1 fully saturated rings. The zero-order chi connectivity index (χ0) is 25.2. The van der Waals surface area contributed by atoms with Crippen molar-refractivity contribution in [2.45, 2.75) is 43.2 Å². The number of anilines is 1. The number of phosphoric ester groups is 2. The summed E-state index contributed by atoms with van der Waals surface area (Å²) in [6.07, 6.45) is -7.07. The minimum atomic E-state index is -5.33. The Bertz CT molecular complexity index is 973. The van der Waals surface area contributed by atoms with Gasteiger partial charge in [0.25, 0.3) is 0 Å². The number of ether oxygens (including phenoxy) is 1. The first-order chi connectivity index (χ1) is 15.1. The van der Waals surface area contributed by atoms with E-state index in [1.54, 1.807) is 0 Å². The monoisotopic (exact) mass is 521 g/mol. The molecule has 1 saturated heterocycles. The molecule has 2 heterocycles. The van der Waals surface area contributed by atoms with E-state index in [0.717, 1.165) is 17.7 Å². The van der Waals surface area contributed by atoms with Crippen LogP contribution < -0.4 is 11.4 Å². The Hall–Kier alpha value is -1.30. The van der Waals surface area contributed by atoms with Crippen LogP contribution in [0.2, 0.25) is 0 Å². The fourth-order valence-corrected chi connectivity index (χ4v) is 4.60. The van der Waals surface area contributed by atoms with Gasteiger partial charge in [0, 0.05) is 6.20 Å². The predicted molar refractivity (Wildman–Crippen MR) is 105 cm³/mol. The average Bonchev–Trinajstić information content (AvgIpc) is 2.98. The first-order valence-corrected chi connectivity index (χ1v) is 12.1. The van der Waals surface area contributed by atoms with Crippen LogP contribution in [-0.2, 0) is 27.2 Å². The van der Waals surface area contributed by atoms with E-state index in [9.17, 15) is 44.1 Å². The standard InChI is InChI=1S/C14H25N3O14P2/c1-14(23,6-18)8(19)5-29-33(26,27)31-32(24,25)28-4-7-10(20)11(21)12(30-7)17-3-2-9(15)16-13(17)22/h2-3,7-8,10-12,18-21,23H,4-6H2,1H3,(H,24,25)(H,26,27)(H2,15,16,22)/t7-,8-,10-,11+,12+,14+/m1/s1. The van der Waals surface area contributed by atoms with Crippen LogP contribution in [0.25, 0.3) is 0 Å². The largest absolute Gasteiger partial charge is 0.481 e. The molecule has 2 rings (SSSR count). The Kier molecular flexibility index (Phi) is 8.92. The predicted octanol–water partition coefficient (Wildman–Crippen LogP) is -3.20. The van der Waals surface area contributed by atoms with Crippen molar-refractivity contribution >= 4 is 21.5 Å². The fraction of sp³-hybridized carbons (Fsp3) is 0.714. The molecule has 0 saturated carbocycles. The number of hydrogen-bond acceptors (Lipinski definition) is 14. The molecule has 2 unspecified atom stereocenters. The molecule has 0 aromatic carbocycles. The highest BCUT2D eigenvalue weighted by atomic mass is 31.3. The van der Waals surface area contributed by atoms with Crippen molar-refractivity contribution in [3.63, 3.8) is 0 Å². The van der Waals surface area contributed by atoms with E-state index in [4.69, 9.17) is 15.6 Å². The van der Waals surface area contributed by atoms with Crippen molar-refractivity contribution in [1.82, 2.24) is 9.55 Å². The molecular weight excluding hydrogens is 496 g/mol. The molecule has 0 spiro atoms. The van der Waals surface area contributed by atoms with Crippen LogP contribution in [0.1, 0.15) is 13.2 Å². The molecule has 1 aromatic heterocycles. The molecule has 0 amide bonds. The highest BCUT2D eigenvalue weighted by Crippen LogP contribution is 2.60. The number of rotatable bonds is 11. The van der Waals surface area contributed by atoms with Gasteiger partial charge in [0.15, 0.2) is 6.23 Å². The van der Waals surface area contributed by atoms with Gasteiger partial charge in [0.05, 0.1) is 19.8 Å². The van der Waals surface area contributed by atoms with Gasteiger partial charge in [-0.15, -0.1) is 0 Å². The van der Waals surface area contributed by atoms with Crippen LogP contribution in [0.15, 0.2) is 17.1 Å². The van der Waals surface area contributed by atoms with Crippen LogP contribution in [0.5, 0.6) is 0 Å². The second kappa shape index (κ2) is 10.5. The second-order valence-electron chi connectivity index (χ2n) is 7.23. The summed E-state index contributed by atoms with van der Waals surface area (Å²) in [6, 6.07) is 1.22.